The highest BCUT2D eigenvalue weighted by atomic mass is 16.5. The first-order chi connectivity index (χ1) is 13.2. The van der Waals surface area contributed by atoms with E-state index in [0.29, 0.717) is 25.1 Å². The van der Waals surface area contributed by atoms with E-state index in [4.69, 9.17) is 4.74 Å². The summed E-state index contributed by atoms with van der Waals surface area (Å²) in [7, 11) is 0. The molecule has 27 heavy (non-hydrogen) atoms. The summed E-state index contributed by atoms with van der Waals surface area (Å²) in [4.78, 5) is 24.7. The number of nitrogens with zero attached hydrogens (tertiary/aromatic N) is 2. The molecule has 0 spiro atoms. The van der Waals surface area contributed by atoms with Crippen LogP contribution in [0.3, 0.4) is 0 Å². The van der Waals surface area contributed by atoms with Gasteiger partial charge in [-0.3, -0.25) is 9.59 Å². The number of fused-ring (bicyclic) bond motifs is 1. The molecule has 1 aromatic heterocycles. The number of hydrogen-bond acceptors (Lipinski definition) is 4. The molecule has 0 aliphatic carbocycles. The van der Waals surface area contributed by atoms with Crippen molar-refractivity contribution < 1.29 is 9.53 Å². The zero-order valence-corrected chi connectivity index (χ0v) is 15.4. The number of hydrogen-bond donors (Lipinski definition) is 1. The van der Waals surface area contributed by atoms with E-state index in [2.05, 4.69) is 17.3 Å². The lowest BCUT2D eigenvalue weighted by Crippen LogP contribution is -2.33. The van der Waals surface area contributed by atoms with E-state index in [-0.39, 0.29) is 18.0 Å². The maximum Gasteiger partial charge on any atom is 0.275 e. The molecular formula is C21H23N3O3. The second-order valence-electron chi connectivity index (χ2n) is 6.29. The molecule has 3 aromatic rings. The lowest BCUT2D eigenvalue weighted by Gasteiger charge is -2.11. The van der Waals surface area contributed by atoms with Crippen molar-refractivity contribution in [3.8, 4) is 0 Å². The smallest absolute Gasteiger partial charge is 0.275 e. The number of aromatic nitrogens is 2. The molecule has 0 aliphatic heterocycles. The van der Waals surface area contributed by atoms with Crippen LogP contribution in [-0.4, -0.2) is 22.3 Å². The molecule has 2 aromatic carbocycles. The Bertz CT molecular complexity index is 982. The molecule has 1 amide bonds. The predicted octanol–water partition coefficient (Wildman–Crippen LogP) is 2.64. The molecule has 0 bridgehead atoms. The summed E-state index contributed by atoms with van der Waals surface area (Å²) in [6, 6.07) is 15.0. The van der Waals surface area contributed by atoms with Crippen LogP contribution in [0.1, 0.15) is 24.5 Å². The summed E-state index contributed by atoms with van der Waals surface area (Å²) in [5.41, 5.74) is 1.78. The van der Waals surface area contributed by atoms with Crippen LogP contribution in [0.15, 0.2) is 59.5 Å². The molecular weight excluding hydrogens is 342 g/mol. The first kappa shape index (κ1) is 18.8. The van der Waals surface area contributed by atoms with Crippen molar-refractivity contribution in [3.63, 3.8) is 0 Å². The van der Waals surface area contributed by atoms with Crippen molar-refractivity contribution in [3.05, 3.63) is 76.2 Å². The topological polar surface area (TPSA) is 73.2 Å². The Hall–Kier alpha value is -2.99. The second kappa shape index (κ2) is 9.09. The highest BCUT2D eigenvalue weighted by molar-refractivity contribution is 5.81. The van der Waals surface area contributed by atoms with Crippen molar-refractivity contribution in [1.29, 1.82) is 0 Å². The van der Waals surface area contributed by atoms with Gasteiger partial charge < -0.3 is 10.1 Å². The highest BCUT2D eigenvalue weighted by Gasteiger charge is 2.09. The lowest BCUT2D eigenvalue weighted by atomic mass is 10.1. The van der Waals surface area contributed by atoms with Crippen LogP contribution in [-0.2, 0) is 29.2 Å². The minimum atomic E-state index is -0.267. The molecule has 0 radical (unpaired) electrons. The number of ether oxygens (including phenoxy) is 1. The van der Waals surface area contributed by atoms with E-state index in [1.165, 1.54) is 4.68 Å². The summed E-state index contributed by atoms with van der Waals surface area (Å²) >= 11 is 0. The van der Waals surface area contributed by atoms with Gasteiger partial charge in [-0.1, -0.05) is 49.4 Å². The Morgan fingerprint density at radius 3 is 2.67 bits per heavy atom. The maximum absolute atomic E-state index is 12.4. The molecule has 0 atom stereocenters. The first-order valence-electron chi connectivity index (χ1n) is 9.05. The molecule has 1 heterocycles. The van der Waals surface area contributed by atoms with Gasteiger partial charge in [-0.15, -0.1) is 0 Å². The van der Waals surface area contributed by atoms with E-state index in [9.17, 15) is 9.59 Å². The third-order valence-corrected chi connectivity index (χ3v) is 4.26. The molecule has 0 aliphatic rings. The van der Waals surface area contributed by atoms with E-state index >= 15 is 0 Å². The van der Waals surface area contributed by atoms with Crippen molar-refractivity contribution in [2.75, 3.05) is 6.61 Å². The summed E-state index contributed by atoms with van der Waals surface area (Å²) < 4.78 is 6.79. The van der Waals surface area contributed by atoms with Gasteiger partial charge in [0.05, 0.1) is 18.2 Å². The number of nitrogens with one attached hydrogen (secondary N) is 1. The van der Waals surface area contributed by atoms with Gasteiger partial charge >= 0.3 is 0 Å². The van der Waals surface area contributed by atoms with Crippen LogP contribution in [0.4, 0.5) is 0 Å². The van der Waals surface area contributed by atoms with Crippen molar-refractivity contribution in [1.82, 2.24) is 15.1 Å². The van der Waals surface area contributed by atoms with Gasteiger partial charge in [-0.05, 0) is 23.6 Å². The summed E-state index contributed by atoms with van der Waals surface area (Å²) in [6.45, 7) is 3.56. The zero-order valence-electron chi connectivity index (χ0n) is 15.4. The molecule has 6 nitrogen and oxygen atoms in total. The first-order valence-corrected chi connectivity index (χ1v) is 9.05. The van der Waals surface area contributed by atoms with Gasteiger partial charge in [0.15, 0.2) is 0 Å². The zero-order chi connectivity index (χ0) is 19.1. The van der Waals surface area contributed by atoms with Crippen LogP contribution in [0, 0.1) is 0 Å². The third kappa shape index (κ3) is 4.80. The standard InChI is InChI=1S/C21H23N3O3/c1-2-11-27-15-18-9-4-3-7-16(18)12-22-20(25)14-24-21(26)19-10-6-5-8-17(19)13-23-24/h3-10,13H,2,11-12,14-15H2,1H3,(H,22,25). The van der Waals surface area contributed by atoms with E-state index < -0.39 is 0 Å². The van der Waals surface area contributed by atoms with Crippen LogP contribution in [0.5, 0.6) is 0 Å². The highest BCUT2D eigenvalue weighted by Crippen LogP contribution is 2.10. The predicted molar refractivity (Wildman–Crippen MR) is 104 cm³/mol. The maximum atomic E-state index is 12.4. The Balaban J connectivity index is 1.64. The number of rotatable bonds is 8. The SMILES string of the molecule is CCCOCc1ccccc1CNC(=O)Cn1ncc2ccccc2c1=O. The summed E-state index contributed by atoms with van der Waals surface area (Å²) in [6.07, 6.45) is 2.57. The average molecular weight is 365 g/mol. The molecule has 0 saturated carbocycles. The lowest BCUT2D eigenvalue weighted by molar-refractivity contribution is -0.122. The average Bonchev–Trinajstić information content (AvgIpc) is 2.70. The number of carbonyl (C=O) groups is 1. The minimum Gasteiger partial charge on any atom is -0.377 e. The van der Waals surface area contributed by atoms with Gasteiger partial charge in [-0.25, -0.2) is 4.68 Å². The van der Waals surface area contributed by atoms with Gasteiger partial charge in [0, 0.05) is 18.5 Å². The molecule has 1 N–H and O–H groups in total. The van der Waals surface area contributed by atoms with Crippen LogP contribution < -0.4 is 10.9 Å². The monoisotopic (exact) mass is 365 g/mol. The van der Waals surface area contributed by atoms with Crippen LogP contribution >= 0.6 is 0 Å². The summed E-state index contributed by atoms with van der Waals surface area (Å²) in [5, 5.41) is 8.27. The number of amides is 1. The van der Waals surface area contributed by atoms with Gasteiger partial charge in [0.2, 0.25) is 5.91 Å². The minimum absolute atomic E-state index is 0.113. The Kier molecular flexibility index (Phi) is 6.33. The van der Waals surface area contributed by atoms with E-state index in [1.54, 1.807) is 18.3 Å². The van der Waals surface area contributed by atoms with Gasteiger partial charge in [0.25, 0.3) is 5.56 Å². The van der Waals surface area contributed by atoms with E-state index in [1.807, 2.05) is 36.4 Å². The Labute approximate surface area is 157 Å². The molecule has 0 unspecified atom stereocenters. The molecule has 140 valence electrons. The Morgan fingerprint density at radius 1 is 1.11 bits per heavy atom. The molecule has 0 fully saturated rings. The molecule has 0 saturated heterocycles. The van der Waals surface area contributed by atoms with Crippen LogP contribution in [0.25, 0.3) is 10.8 Å². The number of benzene rings is 2. The Morgan fingerprint density at radius 2 is 1.85 bits per heavy atom. The quantitative estimate of drug-likeness (QED) is 0.623. The largest absolute Gasteiger partial charge is 0.377 e. The third-order valence-electron chi connectivity index (χ3n) is 4.26. The molecule has 6 heteroatoms. The fourth-order valence-corrected chi connectivity index (χ4v) is 2.82. The molecule has 3 rings (SSSR count). The summed E-state index contributed by atoms with van der Waals surface area (Å²) in [5.74, 6) is -0.260. The van der Waals surface area contributed by atoms with Crippen molar-refractivity contribution in [2.45, 2.75) is 33.0 Å². The fourth-order valence-electron chi connectivity index (χ4n) is 2.82. The normalized spacial score (nSPS) is 10.9. The van der Waals surface area contributed by atoms with Gasteiger partial charge in [0.1, 0.15) is 6.54 Å². The van der Waals surface area contributed by atoms with Crippen LogP contribution in [0.2, 0.25) is 0 Å². The van der Waals surface area contributed by atoms with Crippen molar-refractivity contribution >= 4 is 16.7 Å². The number of carbonyl (C=O) groups excluding carboxylic acids is 1. The fraction of sp³-hybridized carbons (Fsp3) is 0.286. The second-order valence-corrected chi connectivity index (χ2v) is 6.29. The van der Waals surface area contributed by atoms with E-state index in [0.717, 1.165) is 22.9 Å². The van der Waals surface area contributed by atoms with Gasteiger partial charge in [-0.2, -0.15) is 5.10 Å². The van der Waals surface area contributed by atoms with Crippen molar-refractivity contribution in [2.24, 2.45) is 0 Å².